The maximum Gasteiger partial charge on any atom is 0.261 e. The van der Waals surface area contributed by atoms with E-state index in [1.54, 1.807) is 24.1 Å². The minimum absolute atomic E-state index is 0.200. The van der Waals surface area contributed by atoms with Crippen LogP contribution in [0.5, 0.6) is 11.5 Å². The average Bonchev–Trinajstić information content (AvgIpc) is 2.96. The Bertz CT molecular complexity index is 1310. The molecule has 6 nitrogen and oxygen atoms in total. The van der Waals surface area contributed by atoms with Gasteiger partial charge in [-0.25, -0.2) is 0 Å². The van der Waals surface area contributed by atoms with Crippen LogP contribution in [0.15, 0.2) is 109 Å². The van der Waals surface area contributed by atoms with Crippen LogP contribution in [-0.4, -0.2) is 30.4 Å². The molecular formula is C32H32N2O4. The topological polar surface area (TPSA) is 67.9 Å². The summed E-state index contributed by atoms with van der Waals surface area (Å²) in [6, 6.07) is 33.1. The minimum Gasteiger partial charge on any atom is -0.497 e. The number of aryl methyl sites for hydroxylation is 1. The molecule has 0 saturated carbocycles. The molecule has 4 rings (SSSR count). The molecule has 0 unspecified atom stereocenters. The highest BCUT2D eigenvalue weighted by atomic mass is 16.5. The number of amides is 2. The molecule has 0 aliphatic rings. The van der Waals surface area contributed by atoms with Crippen LogP contribution in [0.1, 0.15) is 28.3 Å². The molecule has 0 aliphatic heterocycles. The molecule has 0 spiro atoms. The third kappa shape index (κ3) is 7.23. The van der Waals surface area contributed by atoms with E-state index in [-0.39, 0.29) is 25.0 Å². The molecule has 0 fully saturated rings. The van der Waals surface area contributed by atoms with Gasteiger partial charge in [0.2, 0.25) is 5.91 Å². The summed E-state index contributed by atoms with van der Waals surface area (Å²) in [6.45, 7) is 2.40. The van der Waals surface area contributed by atoms with Crippen molar-refractivity contribution in [3.63, 3.8) is 0 Å². The molecule has 38 heavy (non-hydrogen) atoms. The first-order valence-corrected chi connectivity index (χ1v) is 12.5. The standard InChI is InChI=1S/C32H32N2O4/c1-24-13-15-25(16-14-24)21-33-32(36)31(27-9-5-3-6-10-27)34(22-26-17-19-28(37-2)20-18-26)30(35)23-38-29-11-7-4-8-12-29/h3-20,31H,21-23H2,1-2H3,(H,33,36)/t31-/m0/s1. The number of nitrogens with zero attached hydrogens (tertiary/aromatic N) is 1. The van der Waals surface area contributed by atoms with Crippen molar-refractivity contribution in [3.05, 3.63) is 131 Å². The number of methoxy groups -OCH3 is 1. The number of hydrogen-bond acceptors (Lipinski definition) is 4. The lowest BCUT2D eigenvalue weighted by Gasteiger charge is -2.31. The van der Waals surface area contributed by atoms with Gasteiger partial charge in [-0.3, -0.25) is 9.59 Å². The van der Waals surface area contributed by atoms with Crippen molar-refractivity contribution in [1.29, 1.82) is 0 Å². The number of para-hydroxylation sites is 1. The number of rotatable bonds is 11. The van der Waals surface area contributed by atoms with E-state index in [1.165, 1.54) is 0 Å². The summed E-state index contributed by atoms with van der Waals surface area (Å²) in [5.41, 5.74) is 3.72. The highest BCUT2D eigenvalue weighted by molar-refractivity contribution is 5.89. The normalized spacial score (nSPS) is 11.3. The first kappa shape index (κ1) is 26.5. The maximum absolute atomic E-state index is 13.7. The summed E-state index contributed by atoms with van der Waals surface area (Å²) in [6.07, 6.45) is 0. The van der Waals surface area contributed by atoms with Crippen molar-refractivity contribution >= 4 is 11.8 Å². The Morgan fingerprint density at radius 1 is 0.763 bits per heavy atom. The van der Waals surface area contributed by atoms with Gasteiger partial charge in [0.25, 0.3) is 5.91 Å². The molecule has 6 heteroatoms. The fourth-order valence-corrected chi connectivity index (χ4v) is 4.10. The Morgan fingerprint density at radius 3 is 2.00 bits per heavy atom. The SMILES string of the molecule is COc1ccc(CN(C(=O)COc2ccccc2)[C@H](C(=O)NCc2ccc(C)cc2)c2ccccc2)cc1. The minimum atomic E-state index is -0.851. The molecule has 0 radical (unpaired) electrons. The molecule has 4 aromatic rings. The molecule has 4 aromatic carbocycles. The molecule has 1 atom stereocenters. The molecule has 1 N–H and O–H groups in total. The first-order chi connectivity index (χ1) is 18.5. The lowest BCUT2D eigenvalue weighted by molar-refractivity contribution is -0.143. The van der Waals surface area contributed by atoms with Crippen LogP contribution in [-0.2, 0) is 22.7 Å². The molecule has 0 aromatic heterocycles. The van der Waals surface area contributed by atoms with Gasteiger partial charge in [0, 0.05) is 13.1 Å². The fraction of sp³-hybridized carbons (Fsp3) is 0.188. The van der Waals surface area contributed by atoms with Crippen LogP contribution < -0.4 is 14.8 Å². The summed E-state index contributed by atoms with van der Waals surface area (Å²) < 4.78 is 11.1. The van der Waals surface area contributed by atoms with E-state index in [0.29, 0.717) is 12.3 Å². The van der Waals surface area contributed by atoms with Gasteiger partial charge in [0.05, 0.1) is 7.11 Å². The Hall–Kier alpha value is -4.58. The van der Waals surface area contributed by atoms with Crippen LogP contribution in [0.25, 0.3) is 0 Å². The summed E-state index contributed by atoms with van der Waals surface area (Å²) in [7, 11) is 1.61. The maximum atomic E-state index is 13.7. The zero-order chi connectivity index (χ0) is 26.7. The van der Waals surface area contributed by atoms with Gasteiger partial charge >= 0.3 is 0 Å². The Balaban J connectivity index is 1.62. The number of benzene rings is 4. The van der Waals surface area contributed by atoms with Gasteiger partial charge < -0.3 is 19.7 Å². The van der Waals surface area contributed by atoms with Crippen LogP contribution in [0, 0.1) is 6.92 Å². The van der Waals surface area contributed by atoms with E-state index in [2.05, 4.69) is 5.32 Å². The van der Waals surface area contributed by atoms with Crippen molar-refractivity contribution < 1.29 is 19.1 Å². The van der Waals surface area contributed by atoms with Gasteiger partial charge in [-0.15, -0.1) is 0 Å². The van der Waals surface area contributed by atoms with E-state index in [1.807, 2.05) is 104 Å². The van der Waals surface area contributed by atoms with Crippen molar-refractivity contribution in [2.24, 2.45) is 0 Å². The molecule has 0 aliphatic carbocycles. The van der Waals surface area contributed by atoms with Crippen molar-refractivity contribution in [2.75, 3.05) is 13.7 Å². The van der Waals surface area contributed by atoms with Crippen LogP contribution in [0.4, 0.5) is 0 Å². The number of ether oxygens (including phenoxy) is 2. The quantitative estimate of drug-likeness (QED) is 0.292. The second kappa shape index (κ2) is 13.1. The zero-order valence-electron chi connectivity index (χ0n) is 21.7. The molecule has 0 heterocycles. The molecular weight excluding hydrogens is 476 g/mol. The van der Waals surface area contributed by atoms with Gasteiger partial charge in [-0.1, -0.05) is 90.5 Å². The second-order valence-corrected chi connectivity index (χ2v) is 8.99. The monoisotopic (exact) mass is 508 g/mol. The van der Waals surface area contributed by atoms with Gasteiger partial charge in [0.15, 0.2) is 6.61 Å². The third-order valence-corrected chi connectivity index (χ3v) is 6.20. The van der Waals surface area contributed by atoms with Gasteiger partial charge in [0.1, 0.15) is 17.5 Å². The smallest absolute Gasteiger partial charge is 0.261 e. The predicted octanol–water partition coefficient (Wildman–Crippen LogP) is 5.47. The van der Waals surface area contributed by atoms with Crippen molar-refractivity contribution in [3.8, 4) is 11.5 Å². The van der Waals surface area contributed by atoms with E-state index in [9.17, 15) is 9.59 Å². The van der Waals surface area contributed by atoms with Gasteiger partial charge in [-0.05, 0) is 47.9 Å². The number of hydrogen-bond donors (Lipinski definition) is 1. The van der Waals surface area contributed by atoms with E-state index in [0.717, 1.165) is 28.0 Å². The molecule has 2 amide bonds. The van der Waals surface area contributed by atoms with Gasteiger partial charge in [-0.2, -0.15) is 0 Å². The van der Waals surface area contributed by atoms with E-state index >= 15 is 0 Å². The zero-order valence-corrected chi connectivity index (χ0v) is 21.7. The number of nitrogens with one attached hydrogen (secondary N) is 1. The first-order valence-electron chi connectivity index (χ1n) is 12.5. The lowest BCUT2D eigenvalue weighted by Crippen LogP contribution is -2.45. The molecule has 0 bridgehead atoms. The summed E-state index contributed by atoms with van der Waals surface area (Å²) in [4.78, 5) is 29.0. The van der Waals surface area contributed by atoms with E-state index in [4.69, 9.17) is 9.47 Å². The summed E-state index contributed by atoms with van der Waals surface area (Å²) in [5.74, 6) is 0.738. The summed E-state index contributed by atoms with van der Waals surface area (Å²) in [5, 5.41) is 3.04. The Kier molecular flexibility index (Phi) is 9.13. The van der Waals surface area contributed by atoms with Crippen molar-refractivity contribution in [1.82, 2.24) is 10.2 Å². The lowest BCUT2D eigenvalue weighted by atomic mass is 10.0. The average molecular weight is 509 g/mol. The largest absolute Gasteiger partial charge is 0.497 e. The highest BCUT2D eigenvalue weighted by Gasteiger charge is 2.31. The van der Waals surface area contributed by atoms with Crippen molar-refractivity contribution in [2.45, 2.75) is 26.1 Å². The number of carbonyl (C=O) groups excluding carboxylic acids is 2. The fourth-order valence-electron chi connectivity index (χ4n) is 4.10. The van der Waals surface area contributed by atoms with Crippen LogP contribution >= 0.6 is 0 Å². The number of carbonyl (C=O) groups is 2. The highest BCUT2D eigenvalue weighted by Crippen LogP contribution is 2.25. The Morgan fingerprint density at radius 2 is 1.37 bits per heavy atom. The molecule has 0 saturated heterocycles. The van der Waals surface area contributed by atoms with Crippen LogP contribution in [0.3, 0.4) is 0 Å². The second-order valence-electron chi connectivity index (χ2n) is 8.99. The summed E-state index contributed by atoms with van der Waals surface area (Å²) >= 11 is 0. The third-order valence-electron chi connectivity index (χ3n) is 6.20. The van der Waals surface area contributed by atoms with E-state index < -0.39 is 6.04 Å². The molecule has 194 valence electrons. The van der Waals surface area contributed by atoms with Crippen LogP contribution in [0.2, 0.25) is 0 Å². The Labute approximate surface area is 223 Å². The predicted molar refractivity (Wildman–Crippen MR) is 148 cm³/mol.